The van der Waals surface area contributed by atoms with Crippen molar-refractivity contribution in [2.75, 3.05) is 27.2 Å². The molecular formula is C18H30N2O. The highest BCUT2D eigenvalue weighted by Gasteiger charge is 2.18. The Morgan fingerprint density at radius 3 is 2.90 bits per heavy atom. The number of likely N-dealkylation sites (N-methyl/N-ethyl adjacent to an activating group) is 1. The molecule has 1 aliphatic rings. The molecule has 1 aromatic rings. The summed E-state index contributed by atoms with van der Waals surface area (Å²) >= 11 is 0. The molecule has 0 spiro atoms. The van der Waals surface area contributed by atoms with E-state index < -0.39 is 0 Å². The van der Waals surface area contributed by atoms with Gasteiger partial charge in [-0.3, -0.25) is 0 Å². The third-order valence-corrected chi connectivity index (χ3v) is 4.88. The fourth-order valence-corrected chi connectivity index (χ4v) is 3.01. The van der Waals surface area contributed by atoms with Crippen molar-refractivity contribution >= 4 is 0 Å². The van der Waals surface area contributed by atoms with E-state index in [1.807, 2.05) is 0 Å². The summed E-state index contributed by atoms with van der Waals surface area (Å²) in [7, 11) is 3.96. The molecule has 1 N–H and O–H groups in total. The van der Waals surface area contributed by atoms with Gasteiger partial charge in [0, 0.05) is 25.2 Å². The topological polar surface area (TPSA) is 24.5 Å². The second-order valence-electron chi connectivity index (χ2n) is 6.27. The summed E-state index contributed by atoms with van der Waals surface area (Å²) in [6.07, 6.45) is 4.76. The monoisotopic (exact) mass is 290 g/mol. The molecule has 1 aromatic carbocycles. The van der Waals surface area contributed by atoms with Gasteiger partial charge in [-0.2, -0.15) is 0 Å². The molecule has 0 heterocycles. The average molecular weight is 290 g/mol. The summed E-state index contributed by atoms with van der Waals surface area (Å²) in [6.45, 7) is 6.74. The van der Waals surface area contributed by atoms with Crippen LogP contribution in [0, 0.1) is 0 Å². The van der Waals surface area contributed by atoms with Crippen molar-refractivity contribution in [1.29, 1.82) is 0 Å². The lowest BCUT2D eigenvalue weighted by molar-refractivity contribution is 0.246. The Balaban J connectivity index is 1.81. The molecule has 21 heavy (non-hydrogen) atoms. The maximum absolute atomic E-state index is 5.34. The second-order valence-corrected chi connectivity index (χ2v) is 6.27. The Kier molecular flexibility index (Phi) is 6.07. The number of methoxy groups -OCH3 is 1. The highest BCUT2D eigenvalue weighted by Crippen LogP contribution is 2.25. The standard InChI is InChI=1S/C18H30N2O/c1-5-14(2)20(3)11-10-19-17-8-6-15-7-9-18(21-4)13-16(15)12-17/h7,9,13-14,17,19H,5-6,8,10-12H2,1-4H3. The van der Waals surface area contributed by atoms with Crippen LogP contribution in [0.1, 0.15) is 37.8 Å². The number of nitrogens with one attached hydrogen (secondary N) is 1. The molecule has 3 nitrogen and oxygen atoms in total. The van der Waals surface area contributed by atoms with E-state index >= 15 is 0 Å². The van der Waals surface area contributed by atoms with E-state index in [1.54, 1.807) is 7.11 Å². The minimum Gasteiger partial charge on any atom is -0.497 e. The molecule has 2 atom stereocenters. The molecule has 0 aliphatic heterocycles. The molecular weight excluding hydrogens is 260 g/mol. The van der Waals surface area contributed by atoms with Crippen LogP contribution in [-0.4, -0.2) is 44.2 Å². The first kappa shape index (κ1) is 16.3. The summed E-state index contributed by atoms with van der Waals surface area (Å²) in [5.41, 5.74) is 2.94. The first-order chi connectivity index (χ1) is 10.1. The number of hydrogen-bond donors (Lipinski definition) is 1. The molecule has 0 saturated heterocycles. The van der Waals surface area contributed by atoms with Crippen molar-refractivity contribution in [3.05, 3.63) is 29.3 Å². The summed E-state index contributed by atoms with van der Waals surface area (Å²) in [4.78, 5) is 2.44. The fourth-order valence-electron chi connectivity index (χ4n) is 3.01. The van der Waals surface area contributed by atoms with E-state index in [2.05, 4.69) is 49.3 Å². The zero-order valence-corrected chi connectivity index (χ0v) is 14.0. The summed E-state index contributed by atoms with van der Waals surface area (Å²) in [5.74, 6) is 0.978. The molecule has 0 aromatic heterocycles. The van der Waals surface area contributed by atoms with Gasteiger partial charge in [0.15, 0.2) is 0 Å². The predicted molar refractivity (Wildman–Crippen MR) is 89.2 cm³/mol. The molecule has 0 bridgehead atoms. The van der Waals surface area contributed by atoms with Gasteiger partial charge in [-0.15, -0.1) is 0 Å². The van der Waals surface area contributed by atoms with Crippen LogP contribution >= 0.6 is 0 Å². The molecule has 2 unspecified atom stereocenters. The smallest absolute Gasteiger partial charge is 0.119 e. The van der Waals surface area contributed by atoms with Gasteiger partial charge in [0.1, 0.15) is 5.75 Å². The third kappa shape index (κ3) is 4.45. The highest BCUT2D eigenvalue weighted by atomic mass is 16.5. The van der Waals surface area contributed by atoms with E-state index in [0.717, 1.165) is 25.3 Å². The van der Waals surface area contributed by atoms with Gasteiger partial charge < -0.3 is 15.0 Å². The maximum Gasteiger partial charge on any atom is 0.119 e. The normalized spacial score (nSPS) is 19.4. The lowest BCUT2D eigenvalue weighted by atomic mass is 9.88. The van der Waals surface area contributed by atoms with Crippen LogP contribution in [0.3, 0.4) is 0 Å². The van der Waals surface area contributed by atoms with Crippen LogP contribution < -0.4 is 10.1 Å². The van der Waals surface area contributed by atoms with Crippen LogP contribution in [0.4, 0.5) is 0 Å². The van der Waals surface area contributed by atoms with Crippen molar-refractivity contribution in [3.8, 4) is 5.75 Å². The van der Waals surface area contributed by atoms with Crippen molar-refractivity contribution in [3.63, 3.8) is 0 Å². The first-order valence-electron chi connectivity index (χ1n) is 8.23. The number of ether oxygens (including phenoxy) is 1. The molecule has 118 valence electrons. The largest absolute Gasteiger partial charge is 0.497 e. The Morgan fingerprint density at radius 2 is 2.19 bits per heavy atom. The SMILES string of the molecule is CCC(C)N(C)CCNC1CCc2ccc(OC)cc2C1. The molecule has 2 rings (SSSR count). The summed E-state index contributed by atoms with van der Waals surface area (Å²) in [6, 6.07) is 7.78. The van der Waals surface area contributed by atoms with Gasteiger partial charge in [0.25, 0.3) is 0 Å². The first-order valence-corrected chi connectivity index (χ1v) is 8.23. The minimum absolute atomic E-state index is 0.606. The Labute approximate surface area is 129 Å². The Hall–Kier alpha value is -1.06. The second kappa shape index (κ2) is 7.81. The Bertz CT molecular complexity index is 447. The predicted octanol–water partition coefficient (Wildman–Crippen LogP) is 2.87. The van der Waals surface area contributed by atoms with Crippen molar-refractivity contribution in [1.82, 2.24) is 10.2 Å². The fraction of sp³-hybridized carbons (Fsp3) is 0.667. The molecule has 0 amide bonds. The molecule has 0 fully saturated rings. The minimum atomic E-state index is 0.606. The Morgan fingerprint density at radius 1 is 1.38 bits per heavy atom. The highest BCUT2D eigenvalue weighted by molar-refractivity contribution is 5.37. The molecule has 0 radical (unpaired) electrons. The van der Waals surface area contributed by atoms with Gasteiger partial charge >= 0.3 is 0 Å². The van der Waals surface area contributed by atoms with Gasteiger partial charge in [-0.1, -0.05) is 13.0 Å². The van der Waals surface area contributed by atoms with E-state index in [4.69, 9.17) is 4.74 Å². The number of rotatable bonds is 7. The van der Waals surface area contributed by atoms with Crippen LogP contribution in [0.2, 0.25) is 0 Å². The maximum atomic E-state index is 5.34. The zero-order valence-electron chi connectivity index (χ0n) is 14.0. The van der Waals surface area contributed by atoms with E-state index in [0.29, 0.717) is 12.1 Å². The van der Waals surface area contributed by atoms with Gasteiger partial charge in [-0.25, -0.2) is 0 Å². The van der Waals surface area contributed by atoms with Crippen LogP contribution in [0.25, 0.3) is 0 Å². The quantitative estimate of drug-likeness (QED) is 0.835. The number of benzene rings is 1. The van der Waals surface area contributed by atoms with Crippen LogP contribution in [0.15, 0.2) is 18.2 Å². The van der Waals surface area contributed by atoms with Crippen molar-refractivity contribution in [2.24, 2.45) is 0 Å². The average Bonchev–Trinajstić information content (AvgIpc) is 2.53. The van der Waals surface area contributed by atoms with Gasteiger partial charge in [-0.05, 0) is 62.9 Å². The van der Waals surface area contributed by atoms with E-state index in [1.165, 1.54) is 30.4 Å². The number of aryl methyl sites for hydroxylation is 1. The zero-order chi connectivity index (χ0) is 15.2. The number of hydrogen-bond acceptors (Lipinski definition) is 3. The summed E-state index contributed by atoms with van der Waals surface area (Å²) in [5, 5.41) is 3.73. The van der Waals surface area contributed by atoms with Gasteiger partial charge in [0.05, 0.1) is 7.11 Å². The third-order valence-electron chi connectivity index (χ3n) is 4.88. The number of fused-ring (bicyclic) bond motifs is 1. The molecule has 0 saturated carbocycles. The molecule has 1 aliphatic carbocycles. The molecule has 3 heteroatoms. The number of nitrogens with zero attached hydrogens (tertiary/aromatic N) is 1. The van der Waals surface area contributed by atoms with E-state index in [-0.39, 0.29) is 0 Å². The van der Waals surface area contributed by atoms with Crippen molar-refractivity contribution in [2.45, 2.75) is 51.6 Å². The van der Waals surface area contributed by atoms with Crippen LogP contribution in [-0.2, 0) is 12.8 Å². The lowest BCUT2D eigenvalue weighted by Crippen LogP contribution is -2.41. The van der Waals surface area contributed by atoms with Crippen LogP contribution in [0.5, 0.6) is 5.75 Å². The van der Waals surface area contributed by atoms with Gasteiger partial charge in [0.2, 0.25) is 0 Å². The van der Waals surface area contributed by atoms with E-state index in [9.17, 15) is 0 Å². The lowest BCUT2D eigenvalue weighted by Gasteiger charge is -2.28. The summed E-state index contributed by atoms with van der Waals surface area (Å²) < 4.78 is 5.34. The van der Waals surface area contributed by atoms with Crippen molar-refractivity contribution < 1.29 is 4.74 Å².